The highest BCUT2D eigenvalue weighted by Gasteiger charge is 2.26. The molecule has 0 spiro atoms. The molecule has 3 aromatic rings. The van der Waals surface area contributed by atoms with Crippen molar-refractivity contribution in [1.82, 2.24) is 20.2 Å². The third kappa shape index (κ3) is 6.64. The lowest BCUT2D eigenvalue weighted by Gasteiger charge is -2.33. The van der Waals surface area contributed by atoms with E-state index in [0.717, 1.165) is 62.6 Å². The second kappa shape index (κ2) is 12.3. The van der Waals surface area contributed by atoms with Crippen LogP contribution in [0.15, 0.2) is 72.9 Å². The van der Waals surface area contributed by atoms with Crippen LogP contribution >= 0.6 is 0 Å². The topological polar surface area (TPSA) is 61.4 Å². The highest BCUT2D eigenvalue weighted by Crippen LogP contribution is 2.24. The third-order valence-electron chi connectivity index (χ3n) is 6.44. The van der Waals surface area contributed by atoms with Crippen LogP contribution in [-0.4, -0.2) is 53.5 Å². The van der Waals surface area contributed by atoms with Gasteiger partial charge in [0.2, 0.25) is 5.91 Å². The molecule has 0 saturated carbocycles. The van der Waals surface area contributed by atoms with Gasteiger partial charge in [-0.1, -0.05) is 67.6 Å². The van der Waals surface area contributed by atoms with Gasteiger partial charge in [-0.15, -0.1) is 0 Å². The minimum absolute atomic E-state index is 0.00418. The molecule has 1 aromatic heterocycles. The summed E-state index contributed by atoms with van der Waals surface area (Å²) in [6.07, 6.45) is 4.68. The quantitative estimate of drug-likeness (QED) is 0.458. The Morgan fingerprint density at radius 3 is 2.62 bits per heavy atom. The monoisotopic (exact) mass is 457 g/mol. The zero-order chi connectivity index (χ0) is 23.6. The largest absolute Gasteiger partial charge is 0.356 e. The van der Waals surface area contributed by atoms with Crippen LogP contribution in [0.1, 0.15) is 31.7 Å². The minimum atomic E-state index is -0.00418. The Balaban J connectivity index is 1.25. The zero-order valence-corrected chi connectivity index (χ0v) is 20.1. The molecule has 1 fully saturated rings. The van der Waals surface area contributed by atoms with Gasteiger partial charge in [-0.3, -0.25) is 9.69 Å². The van der Waals surface area contributed by atoms with Crippen LogP contribution in [0.25, 0.3) is 11.4 Å². The smallest absolute Gasteiger partial charge is 0.224 e. The van der Waals surface area contributed by atoms with Crippen molar-refractivity contribution in [3.05, 3.63) is 78.5 Å². The summed E-state index contributed by atoms with van der Waals surface area (Å²) in [7, 11) is 0. The average molecular weight is 458 g/mol. The maximum Gasteiger partial charge on any atom is 0.224 e. The summed E-state index contributed by atoms with van der Waals surface area (Å²) in [5.41, 5.74) is 2.33. The number of nitrogens with zero attached hydrogens (tertiary/aromatic N) is 4. The summed E-state index contributed by atoms with van der Waals surface area (Å²) in [5, 5.41) is 3.18. The third-order valence-corrected chi connectivity index (χ3v) is 6.44. The Morgan fingerprint density at radius 2 is 1.85 bits per heavy atom. The number of aromatic nitrogens is 2. The second-order valence-corrected chi connectivity index (χ2v) is 8.89. The highest BCUT2D eigenvalue weighted by atomic mass is 16.1. The molecule has 2 heterocycles. The molecule has 2 aromatic carbocycles. The predicted molar refractivity (Wildman–Crippen MR) is 137 cm³/mol. The lowest BCUT2D eigenvalue weighted by atomic mass is 9.97. The van der Waals surface area contributed by atoms with Crippen LogP contribution in [0.5, 0.6) is 0 Å². The molecule has 6 nitrogen and oxygen atoms in total. The summed E-state index contributed by atoms with van der Waals surface area (Å²) < 4.78 is 0. The first-order valence-corrected chi connectivity index (χ1v) is 12.4. The molecule has 0 unspecified atom stereocenters. The predicted octanol–water partition coefficient (Wildman–Crippen LogP) is 4.39. The molecule has 1 aliphatic rings. The van der Waals surface area contributed by atoms with E-state index in [1.807, 2.05) is 42.6 Å². The van der Waals surface area contributed by atoms with Crippen LogP contribution in [0.4, 0.5) is 5.82 Å². The van der Waals surface area contributed by atoms with Gasteiger partial charge in [0.25, 0.3) is 0 Å². The molecule has 178 valence electrons. The van der Waals surface area contributed by atoms with Gasteiger partial charge in [-0.2, -0.15) is 0 Å². The fraction of sp³-hybridized carbons (Fsp3) is 0.393. The van der Waals surface area contributed by atoms with Crippen LogP contribution < -0.4 is 10.2 Å². The van der Waals surface area contributed by atoms with Gasteiger partial charge < -0.3 is 10.2 Å². The van der Waals surface area contributed by atoms with Crippen molar-refractivity contribution in [3.8, 4) is 11.4 Å². The van der Waals surface area contributed by atoms with E-state index in [1.54, 1.807) is 0 Å². The molecule has 0 bridgehead atoms. The van der Waals surface area contributed by atoms with Crippen LogP contribution in [0.2, 0.25) is 0 Å². The SMILES string of the molecule is CCN(CCCNC(=O)[C@@H]1CCCN(c2ccnc(-c3ccccc3)n2)C1)Cc1ccccc1. The average Bonchev–Trinajstić information content (AvgIpc) is 2.91. The number of benzene rings is 2. The molecule has 34 heavy (non-hydrogen) atoms. The van der Waals surface area contributed by atoms with Gasteiger partial charge in [0.1, 0.15) is 5.82 Å². The fourth-order valence-corrected chi connectivity index (χ4v) is 4.50. The Hall–Kier alpha value is -3.25. The maximum atomic E-state index is 12.9. The van der Waals surface area contributed by atoms with Crippen molar-refractivity contribution in [2.75, 3.05) is 37.6 Å². The first-order valence-electron chi connectivity index (χ1n) is 12.4. The van der Waals surface area contributed by atoms with Crippen LogP contribution in [0, 0.1) is 5.92 Å². The summed E-state index contributed by atoms with van der Waals surface area (Å²) in [5.74, 6) is 1.77. The van der Waals surface area contributed by atoms with Crippen molar-refractivity contribution in [2.45, 2.75) is 32.7 Å². The lowest BCUT2D eigenvalue weighted by Crippen LogP contribution is -2.44. The normalized spacial score (nSPS) is 15.9. The first kappa shape index (κ1) is 23.9. The minimum Gasteiger partial charge on any atom is -0.356 e. The maximum absolute atomic E-state index is 12.9. The number of nitrogens with one attached hydrogen (secondary N) is 1. The van der Waals surface area contributed by atoms with Gasteiger partial charge in [0, 0.05) is 44.5 Å². The molecule has 1 saturated heterocycles. The zero-order valence-electron chi connectivity index (χ0n) is 20.1. The summed E-state index contributed by atoms with van der Waals surface area (Å²) in [6, 6.07) is 22.5. The van der Waals surface area contributed by atoms with Gasteiger partial charge >= 0.3 is 0 Å². The highest BCUT2D eigenvalue weighted by molar-refractivity contribution is 5.79. The Morgan fingerprint density at radius 1 is 1.09 bits per heavy atom. The summed E-state index contributed by atoms with van der Waals surface area (Å²) in [6.45, 7) is 7.45. The number of rotatable bonds is 10. The molecule has 0 radical (unpaired) electrons. The number of amides is 1. The standard InChI is InChI=1S/C28H35N5O/c1-2-32(21-23-11-5-3-6-12-23)19-10-17-30-28(34)25-15-9-20-33(22-25)26-16-18-29-27(31-26)24-13-7-4-8-14-24/h3-8,11-14,16,18,25H,2,9-10,15,17,19-22H2,1H3,(H,30,34)/t25-/m1/s1. The van der Waals surface area contributed by atoms with Gasteiger partial charge in [0.15, 0.2) is 5.82 Å². The lowest BCUT2D eigenvalue weighted by molar-refractivity contribution is -0.125. The van der Waals surface area contributed by atoms with E-state index in [9.17, 15) is 4.79 Å². The Kier molecular flexibility index (Phi) is 8.63. The van der Waals surface area contributed by atoms with Crippen molar-refractivity contribution < 1.29 is 4.79 Å². The molecular weight excluding hydrogens is 422 g/mol. The Labute approximate surface area is 203 Å². The van der Waals surface area contributed by atoms with Crippen molar-refractivity contribution in [3.63, 3.8) is 0 Å². The Bertz CT molecular complexity index is 1030. The van der Waals surface area contributed by atoms with E-state index in [-0.39, 0.29) is 11.8 Å². The van der Waals surface area contributed by atoms with Gasteiger partial charge in [-0.05, 0) is 37.4 Å². The second-order valence-electron chi connectivity index (χ2n) is 8.89. The van der Waals surface area contributed by atoms with E-state index in [1.165, 1.54) is 5.56 Å². The number of piperidine rings is 1. The molecule has 0 aliphatic carbocycles. The molecule has 1 aliphatic heterocycles. The van der Waals surface area contributed by atoms with E-state index in [4.69, 9.17) is 4.98 Å². The number of anilines is 1. The summed E-state index contributed by atoms with van der Waals surface area (Å²) >= 11 is 0. The molecule has 4 rings (SSSR count). The van der Waals surface area contributed by atoms with Crippen molar-refractivity contribution in [1.29, 1.82) is 0 Å². The molecule has 6 heteroatoms. The molecular formula is C28H35N5O. The number of carbonyl (C=O) groups excluding carboxylic acids is 1. The summed E-state index contributed by atoms with van der Waals surface area (Å²) in [4.78, 5) is 26.7. The van der Waals surface area contributed by atoms with E-state index in [2.05, 4.69) is 57.4 Å². The van der Waals surface area contributed by atoms with Gasteiger partial charge in [0.05, 0.1) is 5.92 Å². The van der Waals surface area contributed by atoms with E-state index in [0.29, 0.717) is 13.1 Å². The van der Waals surface area contributed by atoms with Crippen molar-refractivity contribution >= 4 is 11.7 Å². The number of hydrogen-bond donors (Lipinski definition) is 1. The fourth-order valence-electron chi connectivity index (χ4n) is 4.50. The molecule has 1 atom stereocenters. The van der Waals surface area contributed by atoms with Crippen molar-refractivity contribution in [2.24, 2.45) is 5.92 Å². The first-order chi connectivity index (χ1) is 16.7. The number of carbonyl (C=O) groups is 1. The molecule has 1 amide bonds. The number of hydrogen-bond acceptors (Lipinski definition) is 5. The van der Waals surface area contributed by atoms with Gasteiger partial charge in [-0.25, -0.2) is 9.97 Å². The van der Waals surface area contributed by atoms with Crippen LogP contribution in [-0.2, 0) is 11.3 Å². The van der Waals surface area contributed by atoms with E-state index >= 15 is 0 Å². The van der Waals surface area contributed by atoms with Crippen LogP contribution in [0.3, 0.4) is 0 Å². The molecule has 1 N–H and O–H groups in total. The van der Waals surface area contributed by atoms with E-state index < -0.39 is 0 Å².